The summed E-state index contributed by atoms with van der Waals surface area (Å²) in [5.41, 5.74) is 4.59. The van der Waals surface area contributed by atoms with E-state index in [4.69, 9.17) is 18.9 Å². The van der Waals surface area contributed by atoms with E-state index in [1.165, 1.54) is 0 Å². The van der Waals surface area contributed by atoms with E-state index in [0.29, 0.717) is 39.6 Å². The van der Waals surface area contributed by atoms with Crippen LogP contribution in [0.15, 0.2) is 133 Å². The third-order valence-electron chi connectivity index (χ3n) is 7.31. The molecule has 1 heterocycles. The lowest BCUT2D eigenvalue weighted by Gasteiger charge is -2.23. The smallest absolute Gasteiger partial charge is 0.175 e. The summed E-state index contributed by atoms with van der Waals surface area (Å²) in [5.74, 6) is 0. The van der Waals surface area contributed by atoms with Gasteiger partial charge in [-0.05, 0) is 22.3 Å². The molecule has 0 bridgehead atoms. The lowest BCUT2D eigenvalue weighted by atomic mass is 10.1. The van der Waals surface area contributed by atoms with Crippen LogP contribution in [0.25, 0.3) is 0 Å². The first kappa shape index (κ1) is 32.0. The van der Waals surface area contributed by atoms with Crippen molar-refractivity contribution < 1.29 is 31.4 Å². The first-order valence-corrected chi connectivity index (χ1v) is 15.6. The second-order valence-electron chi connectivity index (χ2n) is 10.2. The summed E-state index contributed by atoms with van der Waals surface area (Å²) in [5, 5.41) is 2.29. The van der Waals surface area contributed by atoms with Gasteiger partial charge in [0.25, 0.3) is 0 Å². The van der Waals surface area contributed by atoms with Gasteiger partial charge in [0.05, 0.1) is 39.6 Å². The van der Waals surface area contributed by atoms with E-state index < -0.39 is 0 Å². The minimum atomic E-state index is -0.238. The minimum absolute atomic E-state index is 0. The Morgan fingerprint density at radius 3 is 1.12 bits per heavy atom. The van der Waals surface area contributed by atoms with Crippen LogP contribution >= 0.6 is 0 Å². The van der Waals surface area contributed by atoms with E-state index in [-0.39, 0.29) is 46.0 Å². The van der Waals surface area contributed by atoms with Crippen LogP contribution in [0.2, 0.25) is 0 Å². The van der Waals surface area contributed by atoms with Gasteiger partial charge in [0, 0.05) is 10.9 Å². The summed E-state index contributed by atoms with van der Waals surface area (Å²) in [7, 11) is -0.238. The van der Waals surface area contributed by atoms with Crippen LogP contribution in [-0.4, -0.2) is 35.9 Å². The monoisotopic (exact) mass is 602 g/mol. The summed E-state index contributed by atoms with van der Waals surface area (Å²) in [6.45, 7) is 7.53. The molecule has 0 aliphatic carbocycles. The van der Waals surface area contributed by atoms with Crippen LogP contribution in [-0.2, 0) is 56.3 Å². The zero-order valence-corrected chi connectivity index (χ0v) is 25.4. The molecule has 0 radical (unpaired) electrons. The van der Waals surface area contributed by atoms with Crippen molar-refractivity contribution in [1.29, 1.82) is 0 Å². The van der Waals surface area contributed by atoms with E-state index in [1.807, 2.05) is 72.8 Å². The van der Waals surface area contributed by atoms with Gasteiger partial charge in [0.15, 0.2) is 10.5 Å². The second-order valence-corrected chi connectivity index (χ2v) is 12.5. The van der Waals surface area contributed by atoms with Gasteiger partial charge >= 0.3 is 0 Å². The van der Waals surface area contributed by atoms with Gasteiger partial charge < -0.3 is 31.4 Å². The van der Waals surface area contributed by atoms with Crippen molar-refractivity contribution in [2.45, 2.75) is 49.1 Å². The van der Waals surface area contributed by atoms with Crippen LogP contribution in [0, 0.1) is 0 Å². The third kappa shape index (κ3) is 9.05. The maximum atomic E-state index is 6.73. The fourth-order valence-corrected chi connectivity index (χ4v) is 7.76. The molecule has 5 rings (SSSR count). The van der Waals surface area contributed by atoms with Crippen molar-refractivity contribution >= 4 is 10.9 Å². The number of benzene rings is 4. The molecular weight excluding hydrogens is 564 g/mol. The van der Waals surface area contributed by atoms with Crippen molar-refractivity contribution in [1.82, 2.24) is 0 Å². The molecule has 4 nitrogen and oxygen atoms in total. The van der Waals surface area contributed by atoms with Crippen LogP contribution in [0.3, 0.4) is 0 Å². The first-order chi connectivity index (χ1) is 20.3. The maximum absolute atomic E-state index is 6.73. The zero-order chi connectivity index (χ0) is 28.1. The summed E-state index contributed by atoms with van der Waals surface area (Å²) < 4.78 is 26.1. The van der Waals surface area contributed by atoms with Crippen molar-refractivity contribution in [2.75, 3.05) is 13.2 Å². The van der Waals surface area contributed by atoms with Crippen LogP contribution in [0.5, 0.6) is 0 Å². The fourth-order valence-electron chi connectivity index (χ4n) is 5.22. The molecule has 0 spiro atoms. The Morgan fingerprint density at radius 1 is 0.500 bits per heavy atom. The van der Waals surface area contributed by atoms with E-state index in [2.05, 4.69) is 60.5 Å². The highest BCUT2D eigenvalue weighted by atomic mass is 35.5. The Hall–Kier alpha value is -2.90. The maximum Gasteiger partial charge on any atom is 0.175 e. The van der Waals surface area contributed by atoms with Gasteiger partial charge in [-0.1, -0.05) is 128 Å². The van der Waals surface area contributed by atoms with E-state index in [9.17, 15) is 0 Å². The summed E-state index contributed by atoms with van der Waals surface area (Å²) in [4.78, 5) is 0. The molecule has 4 atom stereocenters. The summed E-state index contributed by atoms with van der Waals surface area (Å²) in [6.07, 6.45) is -0.331. The van der Waals surface area contributed by atoms with Gasteiger partial charge in [0.2, 0.25) is 0 Å². The van der Waals surface area contributed by atoms with Crippen molar-refractivity contribution in [2.24, 2.45) is 0 Å². The first-order valence-electron chi connectivity index (χ1n) is 14.2. The highest BCUT2D eigenvalue weighted by Gasteiger charge is 2.59. The normalized spacial score (nSPS) is 21.5. The van der Waals surface area contributed by atoms with Crippen molar-refractivity contribution in [3.05, 3.63) is 156 Å². The molecule has 0 aromatic heterocycles. The van der Waals surface area contributed by atoms with E-state index >= 15 is 0 Å². The second kappa shape index (κ2) is 17.3. The summed E-state index contributed by atoms with van der Waals surface area (Å²) >= 11 is 0. The molecule has 0 saturated carbocycles. The predicted octanol–water partition coefficient (Wildman–Crippen LogP) is 4.11. The van der Waals surface area contributed by atoms with Crippen molar-refractivity contribution in [3.63, 3.8) is 0 Å². The van der Waals surface area contributed by atoms with Crippen LogP contribution in [0.1, 0.15) is 22.3 Å². The molecule has 1 saturated heterocycles. The molecule has 0 N–H and O–H groups in total. The molecule has 4 aromatic rings. The standard InChI is InChI=1S/C36H39O4S.ClH/c1-2-41-33(27-37-23-29-15-7-3-8-16-29)35(39-25-31-19-11-5-12-20-31)36(40-26-32-21-13-6-14-22-32)34(41)28-38-24-30-17-9-4-10-18-30;/h2-22,33-36H,1,23-28H2;1H/q+1;/p-1/t33-,34-,35+,36+;/m0./s1. The molecule has 4 aromatic carbocycles. The van der Waals surface area contributed by atoms with E-state index in [1.54, 1.807) is 0 Å². The lowest BCUT2D eigenvalue weighted by molar-refractivity contribution is -0.0914. The van der Waals surface area contributed by atoms with Crippen molar-refractivity contribution in [3.8, 4) is 0 Å². The molecule has 1 fully saturated rings. The molecule has 0 unspecified atom stereocenters. The van der Waals surface area contributed by atoms with Gasteiger partial charge in [0.1, 0.15) is 17.6 Å². The quantitative estimate of drug-likeness (QED) is 0.192. The van der Waals surface area contributed by atoms with Gasteiger partial charge in [-0.15, -0.1) is 0 Å². The Kier molecular flexibility index (Phi) is 13.2. The van der Waals surface area contributed by atoms with Gasteiger partial charge in [-0.3, -0.25) is 0 Å². The average Bonchev–Trinajstić information content (AvgIpc) is 3.32. The predicted molar refractivity (Wildman–Crippen MR) is 167 cm³/mol. The lowest BCUT2D eigenvalue weighted by Crippen LogP contribution is -3.00. The Bertz CT molecular complexity index is 1190. The number of halogens is 1. The molecule has 220 valence electrons. The highest BCUT2D eigenvalue weighted by molar-refractivity contribution is 8.01. The molecule has 1 aliphatic heterocycles. The van der Waals surface area contributed by atoms with Gasteiger partial charge in [-0.2, -0.15) is 0 Å². The number of hydrogen-bond donors (Lipinski definition) is 0. The Labute approximate surface area is 259 Å². The molecule has 1 aliphatic rings. The molecule has 6 heteroatoms. The summed E-state index contributed by atoms with van der Waals surface area (Å²) in [6, 6.07) is 41.3. The largest absolute Gasteiger partial charge is 1.00 e. The number of hydrogen-bond acceptors (Lipinski definition) is 4. The van der Waals surface area contributed by atoms with Crippen LogP contribution in [0.4, 0.5) is 0 Å². The topological polar surface area (TPSA) is 36.9 Å². The fraction of sp³-hybridized carbons (Fsp3) is 0.278. The molecule has 0 amide bonds. The highest BCUT2D eigenvalue weighted by Crippen LogP contribution is 2.37. The Morgan fingerprint density at radius 2 is 0.810 bits per heavy atom. The number of ether oxygens (including phenoxy) is 4. The minimum Gasteiger partial charge on any atom is -1.00 e. The zero-order valence-electron chi connectivity index (χ0n) is 23.8. The Balaban J connectivity index is 0.00000405. The van der Waals surface area contributed by atoms with E-state index in [0.717, 1.165) is 22.3 Å². The number of rotatable bonds is 15. The third-order valence-corrected chi connectivity index (χ3v) is 9.90. The molecule has 42 heavy (non-hydrogen) atoms. The molecular formula is C36H39ClO4S. The van der Waals surface area contributed by atoms with Crippen LogP contribution < -0.4 is 12.4 Å². The SMILES string of the molecule is C=C[S+]1[C@@H](COCc2ccccc2)[C@@H](OCc2ccccc2)[C@H](OCc2ccccc2)[C@@H]1COCc1ccccc1.[Cl-]. The average molecular weight is 603 g/mol. The van der Waals surface area contributed by atoms with Gasteiger partial charge in [-0.25, -0.2) is 0 Å².